The number of nitrogens with zero attached hydrogens (tertiary/aromatic N) is 2. The Kier molecular flexibility index (Phi) is 9.93. The van der Waals surface area contributed by atoms with Gasteiger partial charge in [0.2, 0.25) is 23.6 Å². The number of hydrogen-bond donors (Lipinski definition) is 5. The lowest BCUT2D eigenvalue weighted by Gasteiger charge is -2.33. The molecule has 2 saturated heterocycles. The monoisotopic (exact) mass is 588 g/mol. The van der Waals surface area contributed by atoms with Gasteiger partial charge in [-0.2, -0.15) is 0 Å². The van der Waals surface area contributed by atoms with Crippen molar-refractivity contribution in [3.05, 3.63) is 34.4 Å². The van der Waals surface area contributed by atoms with Crippen LogP contribution in [0.1, 0.15) is 52.4 Å². The fourth-order valence-corrected chi connectivity index (χ4v) is 4.73. The Balaban J connectivity index is 1.67. The van der Waals surface area contributed by atoms with Crippen molar-refractivity contribution in [1.29, 1.82) is 0 Å². The molecule has 2 aliphatic rings. The number of likely N-dealkylation sites (tertiary alicyclic amines) is 1. The fraction of sp³-hybridized carbons (Fsp3) is 0.500. The number of piperidine rings is 1. The molecule has 42 heavy (non-hydrogen) atoms. The van der Waals surface area contributed by atoms with Crippen molar-refractivity contribution in [2.75, 3.05) is 11.9 Å². The molecule has 0 aromatic heterocycles. The predicted octanol–water partition coefficient (Wildman–Crippen LogP) is -0.384. The van der Waals surface area contributed by atoms with Gasteiger partial charge in [-0.05, 0) is 45.2 Å². The molecule has 3 rings (SSSR count). The van der Waals surface area contributed by atoms with Crippen molar-refractivity contribution < 1.29 is 43.6 Å². The number of carboxylic acids is 1. The second-order valence-corrected chi connectivity index (χ2v) is 10.3. The van der Waals surface area contributed by atoms with E-state index in [9.17, 15) is 43.7 Å². The maximum Gasteiger partial charge on any atom is 0.303 e. The van der Waals surface area contributed by atoms with Crippen LogP contribution in [-0.2, 0) is 33.6 Å². The highest BCUT2D eigenvalue weighted by Crippen LogP contribution is 2.21. The van der Waals surface area contributed by atoms with E-state index in [1.807, 2.05) is 0 Å². The fourth-order valence-electron chi connectivity index (χ4n) is 4.73. The Morgan fingerprint density at radius 3 is 2.43 bits per heavy atom. The second-order valence-electron chi connectivity index (χ2n) is 10.3. The minimum absolute atomic E-state index is 0.0416. The minimum atomic E-state index is -1.83. The van der Waals surface area contributed by atoms with Gasteiger partial charge in [0.25, 0.3) is 11.6 Å². The first kappa shape index (κ1) is 31.6. The molecule has 0 unspecified atom stereocenters. The molecule has 16 heteroatoms. The summed E-state index contributed by atoms with van der Waals surface area (Å²) >= 11 is 0. The summed E-state index contributed by atoms with van der Waals surface area (Å²) in [4.78, 5) is 99.0. The zero-order valence-corrected chi connectivity index (χ0v) is 23.0. The van der Waals surface area contributed by atoms with Crippen LogP contribution in [0.4, 0.5) is 11.4 Å². The molecule has 4 atom stereocenters. The number of carbonyl (C=O) groups excluding carboxylic acids is 6. The Labute approximate surface area is 239 Å². The third-order valence-electron chi connectivity index (χ3n) is 7.16. The lowest BCUT2D eigenvalue weighted by atomic mass is 9.88. The third kappa shape index (κ3) is 7.44. The molecule has 2 fully saturated rings. The number of rotatable bonds is 11. The summed E-state index contributed by atoms with van der Waals surface area (Å²) in [6.45, 7) is 2.79. The SMILES string of the molecule is C[C@H](NC(=O)[C@]1(C)NC(=O)CCC1=O)C(=O)N1CCC[C@H]1C(=O)N[C@@H](CCC(=O)O)C(=O)Nc1ccc([N+](=O)[O-])cc1. The molecule has 0 aliphatic carbocycles. The van der Waals surface area contributed by atoms with E-state index < -0.39 is 76.3 Å². The van der Waals surface area contributed by atoms with Gasteiger partial charge >= 0.3 is 5.97 Å². The molecule has 2 heterocycles. The highest BCUT2D eigenvalue weighted by Gasteiger charge is 2.46. The van der Waals surface area contributed by atoms with Gasteiger partial charge in [-0.3, -0.25) is 43.7 Å². The molecule has 0 spiro atoms. The van der Waals surface area contributed by atoms with Crippen molar-refractivity contribution in [3.63, 3.8) is 0 Å². The van der Waals surface area contributed by atoms with Crippen LogP contribution >= 0.6 is 0 Å². The summed E-state index contributed by atoms with van der Waals surface area (Å²) in [7, 11) is 0. The number of nitrogens with one attached hydrogen (secondary N) is 4. The largest absolute Gasteiger partial charge is 0.481 e. The van der Waals surface area contributed by atoms with Crippen LogP contribution in [-0.4, -0.2) is 86.4 Å². The molecule has 0 saturated carbocycles. The predicted molar refractivity (Wildman–Crippen MR) is 144 cm³/mol. The number of carbonyl (C=O) groups is 7. The lowest BCUT2D eigenvalue weighted by Crippen LogP contribution is -2.66. The summed E-state index contributed by atoms with van der Waals surface area (Å²) < 4.78 is 0. The maximum atomic E-state index is 13.2. The Hall–Kier alpha value is -4.89. The molecule has 5 amide bonds. The van der Waals surface area contributed by atoms with Gasteiger partial charge in [-0.1, -0.05) is 0 Å². The number of non-ortho nitro benzene ring substituents is 1. The number of amides is 5. The van der Waals surface area contributed by atoms with Crippen molar-refractivity contribution in [2.45, 2.75) is 76.0 Å². The number of nitro groups is 1. The molecule has 0 bridgehead atoms. The van der Waals surface area contributed by atoms with Crippen molar-refractivity contribution >= 4 is 52.7 Å². The summed E-state index contributed by atoms with van der Waals surface area (Å²) in [6.07, 6.45) is -0.215. The van der Waals surface area contributed by atoms with E-state index in [4.69, 9.17) is 5.11 Å². The highest BCUT2D eigenvalue weighted by atomic mass is 16.6. The molecule has 1 aromatic carbocycles. The lowest BCUT2D eigenvalue weighted by molar-refractivity contribution is -0.384. The topological polar surface area (TPSA) is 234 Å². The van der Waals surface area contributed by atoms with E-state index in [2.05, 4.69) is 21.3 Å². The minimum Gasteiger partial charge on any atom is -0.481 e. The Bertz CT molecular complexity index is 1300. The number of Topliss-reactive ketones (excluding diaryl/α,β-unsaturated/α-hetero) is 1. The number of nitro benzene ring substituents is 1. The first-order chi connectivity index (χ1) is 19.7. The number of hydrogen-bond acceptors (Lipinski definition) is 9. The zero-order chi connectivity index (χ0) is 31.2. The van der Waals surface area contributed by atoms with Gasteiger partial charge in [0.15, 0.2) is 11.3 Å². The smallest absolute Gasteiger partial charge is 0.303 e. The van der Waals surface area contributed by atoms with Crippen LogP contribution in [0.2, 0.25) is 0 Å². The number of ketones is 1. The Morgan fingerprint density at radius 2 is 1.81 bits per heavy atom. The standard InChI is InChI=1S/C26H32N6O10/c1-14(27-25(40)26(2)19(33)10-11-20(34)30-26)24(39)31-13-3-4-18(31)23(38)29-17(9-12-21(35)36)22(37)28-15-5-7-16(8-6-15)32(41)42/h5-8,14,17-18H,3-4,9-13H2,1-2H3,(H,27,40)(H,28,37)(H,29,38)(H,30,34)(H,35,36)/t14-,17-,18-,26+/m0/s1. The maximum absolute atomic E-state index is 13.2. The number of anilines is 1. The van der Waals surface area contributed by atoms with Gasteiger partial charge in [0.1, 0.15) is 18.1 Å². The summed E-state index contributed by atoms with van der Waals surface area (Å²) in [6, 6.07) is 1.41. The van der Waals surface area contributed by atoms with Crippen LogP contribution in [0.15, 0.2) is 24.3 Å². The van der Waals surface area contributed by atoms with Crippen LogP contribution in [0.5, 0.6) is 0 Å². The first-order valence-electron chi connectivity index (χ1n) is 13.3. The van der Waals surface area contributed by atoms with Gasteiger partial charge in [-0.15, -0.1) is 0 Å². The van der Waals surface area contributed by atoms with Crippen LogP contribution < -0.4 is 21.3 Å². The molecule has 2 aliphatic heterocycles. The second kappa shape index (κ2) is 13.2. The third-order valence-corrected chi connectivity index (χ3v) is 7.16. The van der Waals surface area contributed by atoms with Gasteiger partial charge in [-0.25, -0.2) is 0 Å². The van der Waals surface area contributed by atoms with Crippen molar-refractivity contribution in [2.24, 2.45) is 0 Å². The van der Waals surface area contributed by atoms with Crippen LogP contribution in [0.3, 0.4) is 0 Å². The van der Waals surface area contributed by atoms with E-state index in [-0.39, 0.29) is 43.6 Å². The Morgan fingerprint density at radius 1 is 1.14 bits per heavy atom. The molecule has 0 radical (unpaired) electrons. The van der Waals surface area contributed by atoms with Gasteiger partial charge in [0.05, 0.1) is 4.92 Å². The normalized spacial score (nSPS) is 21.5. The van der Waals surface area contributed by atoms with Crippen LogP contribution in [0, 0.1) is 10.1 Å². The van der Waals surface area contributed by atoms with Crippen LogP contribution in [0.25, 0.3) is 0 Å². The first-order valence-corrected chi connectivity index (χ1v) is 13.3. The summed E-state index contributed by atoms with van der Waals surface area (Å²) in [5.41, 5.74) is -1.85. The average molecular weight is 589 g/mol. The molecule has 16 nitrogen and oxygen atoms in total. The number of benzene rings is 1. The van der Waals surface area contributed by atoms with E-state index in [0.29, 0.717) is 6.42 Å². The van der Waals surface area contributed by atoms with Crippen molar-refractivity contribution in [3.8, 4) is 0 Å². The highest BCUT2D eigenvalue weighted by molar-refractivity contribution is 6.15. The molecular weight excluding hydrogens is 556 g/mol. The van der Waals surface area contributed by atoms with E-state index in [1.54, 1.807) is 0 Å². The zero-order valence-electron chi connectivity index (χ0n) is 23.0. The molecular formula is C26H32N6O10. The average Bonchev–Trinajstić information content (AvgIpc) is 3.43. The van der Waals surface area contributed by atoms with Gasteiger partial charge in [0, 0.05) is 43.6 Å². The van der Waals surface area contributed by atoms with E-state index >= 15 is 0 Å². The van der Waals surface area contributed by atoms with Gasteiger partial charge < -0.3 is 31.3 Å². The number of aliphatic carboxylic acids is 1. The molecule has 5 N–H and O–H groups in total. The quantitative estimate of drug-likeness (QED) is 0.128. The number of carboxylic acid groups (broad SMARTS) is 1. The summed E-state index contributed by atoms with van der Waals surface area (Å²) in [5.74, 6) is -5.15. The van der Waals surface area contributed by atoms with E-state index in [1.165, 1.54) is 43.0 Å². The summed E-state index contributed by atoms with van der Waals surface area (Å²) in [5, 5.41) is 29.8. The van der Waals surface area contributed by atoms with Crippen molar-refractivity contribution in [1.82, 2.24) is 20.9 Å². The van der Waals surface area contributed by atoms with E-state index in [0.717, 1.165) is 0 Å². The molecule has 1 aromatic rings. The molecule has 226 valence electrons.